The summed E-state index contributed by atoms with van der Waals surface area (Å²) in [5.41, 5.74) is 7.52. The van der Waals surface area contributed by atoms with Crippen molar-refractivity contribution in [2.24, 2.45) is 11.7 Å². The average molecular weight is 227 g/mol. The Kier molecular flexibility index (Phi) is 3.80. The zero-order valence-electron chi connectivity index (χ0n) is 10.7. The van der Waals surface area contributed by atoms with Crippen LogP contribution in [-0.4, -0.2) is 6.04 Å². The fourth-order valence-electron chi connectivity index (χ4n) is 2.37. The summed E-state index contributed by atoms with van der Waals surface area (Å²) in [5, 5.41) is 2.69. The fourth-order valence-corrected chi connectivity index (χ4v) is 2.37. The summed E-state index contributed by atoms with van der Waals surface area (Å²) in [6.07, 6.45) is 2.11. The van der Waals surface area contributed by atoms with Crippen molar-refractivity contribution in [2.75, 3.05) is 0 Å². The summed E-state index contributed by atoms with van der Waals surface area (Å²) >= 11 is 0. The zero-order valence-corrected chi connectivity index (χ0v) is 10.7. The third-order valence-corrected chi connectivity index (χ3v) is 3.62. The predicted molar refractivity (Wildman–Crippen MR) is 75.1 cm³/mol. The highest BCUT2D eigenvalue weighted by molar-refractivity contribution is 5.85. The number of benzene rings is 2. The first-order valence-electron chi connectivity index (χ1n) is 6.44. The molecule has 90 valence electrons. The van der Waals surface area contributed by atoms with Gasteiger partial charge in [-0.3, -0.25) is 0 Å². The third-order valence-electron chi connectivity index (χ3n) is 3.62. The lowest BCUT2D eigenvalue weighted by Gasteiger charge is -2.19. The molecule has 0 saturated heterocycles. The Morgan fingerprint density at radius 2 is 1.76 bits per heavy atom. The summed E-state index contributed by atoms with van der Waals surface area (Å²) in [5.74, 6) is 0.533. The molecule has 0 aliphatic rings. The SMILES string of the molecule is CCC(N)C(C)Cc1cccc2ccccc12. The molecule has 0 spiro atoms. The van der Waals surface area contributed by atoms with E-state index in [1.807, 2.05) is 0 Å². The number of hydrogen-bond acceptors (Lipinski definition) is 1. The minimum absolute atomic E-state index is 0.300. The Morgan fingerprint density at radius 1 is 1.06 bits per heavy atom. The van der Waals surface area contributed by atoms with E-state index in [2.05, 4.69) is 56.3 Å². The van der Waals surface area contributed by atoms with E-state index in [0.717, 1.165) is 12.8 Å². The highest BCUT2D eigenvalue weighted by atomic mass is 14.6. The van der Waals surface area contributed by atoms with Crippen molar-refractivity contribution in [3.63, 3.8) is 0 Å². The normalized spacial score (nSPS) is 14.8. The number of fused-ring (bicyclic) bond motifs is 1. The molecule has 0 aliphatic carbocycles. The molecule has 2 aromatic carbocycles. The van der Waals surface area contributed by atoms with Gasteiger partial charge in [-0.05, 0) is 35.1 Å². The Morgan fingerprint density at radius 3 is 2.53 bits per heavy atom. The maximum Gasteiger partial charge on any atom is 0.00650 e. The van der Waals surface area contributed by atoms with E-state index in [0.29, 0.717) is 12.0 Å². The van der Waals surface area contributed by atoms with Crippen LogP contribution in [0.4, 0.5) is 0 Å². The van der Waals surface area contributed by atoms with Crippen LogP contribution < -0.4 is 5.73 Å². The Bertz CT molecular complexity index is 484. The van der Waals surface area contributed by atoms with Crippen molar-refractivity contribution >= 4 is 10.8 Å². The fraction of sp³-hybridized carbons (Fsp3) is 0.375. The highest BCUT2D eigenvalue weighted by Crippen LogP contribution is 2.22. The second-order valence-electron chi connectivity index (χ2n) is 4.89. The van der Waals surface area contributed by atoms with E-state index in [4.69, 9.17) is 5.73 Å². The van der Waals surface area contributed by atoms with E-state index in [1.54, 1.807) is 0 Å². The van der Waals surface area contributed by atoms with Crippen LogP contribution in [0.3, 0.4) is 0 Å². The van der Waals surface area contributed by atoms with Crippen LogP contribution in [-0.2, 0) is 6.42 Å². The maximum atomic E-state index is 6.11. The molecule has 2 unspecified atom stereocenters. The van der Waals surface area contributed by atoms with E-state index in [-0.39, 0.29) is 0 Å². The largest absolute Gasteiger partial charge is 0.327 e. The van der Waals surface area contributed by atoms with Crippen molar-refractivity contribution in [3.05, 3.63) is 48.0 Å². The van der Waals surface area contributed by atoms with E-state index < -0.39 is 0 Å². The molecule has 2 rings (SSSR count). The monoisotopic (exact) mass is 227 g/mol. The Balaban J connectivity index is 2.30. The topological polar surface area (TPSA) is 26.0 Å². The summed E-state index contributed by atoms with van der Waals surface area (Å²) in [6, 6.07) is 15.4. The molecular weight excluding hydrogens is 206 g/mol. The quantitative estimate of drug-likeness (QED) is 0.845. The molecule has 1 heteroatoms. The first kappa shape index (κ1) is 12.1. The first-order chi connectivity index (χ1) is 8.22. The lowest BCUT2D eigenvalue weighted by Crippen LogP contribution is -2.28. The van der Waals surface area contributed by atoms with E-state index >= 15 is 0 Å². The molecule has 1 nitrogen and oxygen atoms in total. The predicted octanol–water partition coefficient (Wildman–Crippen LogP) is 3.76. The van der Waals surface area contributed by atoms with Gasteiger partial charge in [0.15, 0.2) is 0 Å². The van der Waals surface area contributed by atoms with Crippen LogP contribution in [0.2, 0.25) is 0 Å². The van der Waals surface area contributed by atoms with Crippen molar-refractivity contribution < 1.29 is 0 Å². The van der Waals surface area contributed by atoms with Gasteiger partial charge in [-0.1, -0.05) is 56.3 Å². The smallest absolute Gasteiger partial charge is 0.00650 e. The molecule has 17 heavy (non-hydrogen) atoms. The minimum atomic E-state index is 0.300. The summed E-state index contributed by atoms with van der Waals surface area (Å²) in [4.78, 5) is 0. The summed E-state index contributed by atoms with van der Waals surface area (Å²) < 4.78 is 0. The molecule has 0 aliphatic heterocycles. The molecule has 2 atom stereocenters. The molecule has 0 aromatic heterocycles. The van der Waals surface area contributed by atoms with E-state index in [1.165, 1.54) is 16.3 Å². The molecule has 0 saturated carbocycles. The number of hydrogen-bond donors (Lipinski definition) is 1. The number of nitrogens with two attached hydrogens (primary N) is 1. The Hall–Kier alpha value is -1.34. The highest BCUT2D eigenvalue weighted by Gasteiger charge is 2.12. The van der Waals surface area contributed by atoms with Gasteiger partial charge in [0, 0.05) is 6.04 Å². The van der Waals surface area contributed by atoms with Gasteiger partial charge in [0.1, 0.15) is 0 Å². The van der Waals surface area contributed by atoms with Crippen molar-refractivity contribution in [1.82, 2.24) is 0 Å². The first-order valence-corrected chi connectivity index (χ1v) is 6.44. The molecule has 2 N–H and O–H groups in total. The van der Waals surface area contributed by atoms with Gasteiger partial charge in [-0.25, -0.2) is 0 Å². The summed E-state index contributed by atoms with van der Waals surface area (Å²) in [6.45, 7) is 4.40. The van der Waals surface area contributed by atoms with Crippen molar-refractivity contribution in [1.29, 1.82) is 0 Å². The van der Waals surface area contributed by atoms with Gasteiger partial charge in [0.25, 0.3) is 0 Å². The molecule has 0 bridgehead atoms. The average Bonchev–Trinajstić information content (AvgIpc) is 2.38. The van der Waals surface area contributed by atoms with Gasteiger partial charge in [0.2, 0.25) is 0 Å². The molecular formula is C16H21N. The van der Waals surface area contributed by atoms with Crippen LogP contribution >= 0.6 is 0 Å². The standard InChI is InChI=1S/C16H21N/c1-3-16(17)12(2)11-14-9-6-8-13-7-4-5-10-15(13)14/h4-10,12,16H,3,11,17H2,1-2H3. The zero-order chi connectivity index (χ0) is 12.3. The van der Waals surface area contributed by atoms with E-state index in [9.17, 15) is 0 Å². The minimum Gasteiger partial charge on any atom is -0.327 e. The molecule has 2 aromatic rings. The van der Waals surface area contributed by atoms with Crippen LogP contribution in [0.25, 0.3) is 10.8 Å². The van der Waals surface area contributed by atoms with Crippen molar-refractivity contribution in [2.45, 2.75) is 32.7 Å². The molecule has 0 radical (unpaired) electrons. The van der Waals surface area contributed by atoms with Crippen LogP contribution in [0.5, 0.6) is 0 Å². The van der Waals surface area contributed by atoms with Crippen LogP contribution in [0, 0.1) is 5.92 Å². The van der Waals surface area contributed by atoms with Crippen molar-refractivity contribution in [3.8, 4) is 0 Å². The second kappa shape index (κ2) is 5.33. The van der Waals surface area contributed by atoms with Gasteiger partial charge in [-0.2, -0.15) is 0 Å². The molecule has 0 fully saturated rings. The lowest BCUT2D eigenvalue weighted by atomic mass is 9.90. The maximum absolute atomic E-state index is 6.11. The van der Waals surface area contributed by atoms with Gasteiger partial charge < -0.3 is 5.73 Å². The second-order valence-corrected chi connectivity index (χ2v) is 4.89. The molecule has 0 heterocycles. The summed E-state index contributed by atoms with van der Waals surface area (Å²) in [7, 11) is 0. The van der Waals surface area contributed by atoms with Crippen LogP contribution in [0.15, 0.2) is 42.5 Å². The lowest BCUT2D eigenvalue weighted by molar-refractivity contribution is 0.443. The van der Waals surface area contributed by atoms with Gasteiger partial charge >= 0.3 is 0 Å². The molecule has 0 amide bonds. The van der Waals surface area contributed by atoms with Crippen LogP contribution in [0.1, 0.15) is 25.8 Å². The van der Waals surface area contributed by atoms with Gasteiger partial charge in [-0.15, -0.1) is 0 Å². The van der Waals surface area contributed by atoms with Gasteiger partial charge in [0.05, 0.1) is 0 Å². The third kappa shape index (κ3) is 2.67. The Labute approximate surface area is 104 Å². The number of rotatable bonds is 4.